The normalized spacial score (nSPS) is 19.0. The highest BCUT2D eigenvalue weighted by molar-refractivity contribution is 6.23. The van der Waals surface area contributed by atoms with Crippen molar-refractivity contribution in [1.82, 2.24) is 5.32 Å². The van der Waals surface area contributed by atoms with Gasteiger partial charge in [-0.1, -0.05) is 50.2 Å². The number of ketones is 2. The van der Waals surface area contributed by atoms with Crippen molar-refractivity contribution in [2.45, 2.75) is 32.6 Å². The highest BCUT2D eigenvalue weighted by Gasteiger charge is 2.46. The summed E-state index contributed by atoms with van der Waals surface area (Å²) in [6.45, 7) is 4.14. The summed E-state index contributed by atoms with van der Waals surface area (Å²) in [5.74, 6) is -0.905. The van der Waals surface area contributed by atoms with E-state index < -0.39 is 16.8 Å². The van der Waals surface area contributed by atoms with Crippen LogP contribution < -0.4 is 10.1 Å². The van der Waals surface area contributed by atoms with Crippen LogP contribution >= 0.6 is 0 Å². The number of nitro groups is 1. The third kappa shape index (κ3) is 4.78. The lowest BCUT2D eigenvalue weighted by Crippen LogP contribution is -2.37. The lowest BCUT2D eigenvalue weighted by Gasteiger charge is -2.39. The van der Waals surface area contributed by atoms with Crippen molar-refractivity contribution < 1.29 is 24.0 Å². The van der Waals surface area contributed by atoms with Gasteiger partial charge in [-0.25, -0.2) is 4.79 Å². The van der Waals surface area contributed by atoms with Crippen LogP contribution in [0.25, 0.3) is 11.8 Å². The van der Waals surface area contributed by atoms with Gasteiger partial charge in [0.1, 0.15) is 5.75 Å². The molecule has 0 fully saturated rings. The topological polar surface area (TPSA) is 116 Å². The molecule has 204 valence electrons. The Morgan fingerprint density at radius 2 is 1.63 bits per heavy atom. The summed E-state index contributed by atoms with van der Waals surface area (Å²) in [4.78, 5) is 49.9. The number of rotatable bonds is 5. The van der Waals surface area contributed by atoms with E-state index in [0.29, 0.717) is 40.9 Å². The maximum atomic E-state index is 13.6. The zero-order chi connectivity index (χ0) is 28.9. The van der Waals surface area contributed by atoms with Crippen molar-refractivity contribution in [3.63, 3.8) is 0 Å². The molecule has 0 spiro atoms. The molecular weight excluding hydrogens is 520 g/mol. The molecule has 3 aromatic rings. The molecule has 0 amide bonds. The van der Waals surface area contributed by atoms with Crippen LogP contribution in [0.1, 0.15) is 59.7 Å². The Kier molecular flexibility index (Phi) is 6.26. The van der Waals surface area contributed by atoms with Crippen molar-refractivity contribution in [3.8, 4) is 5.75 Å². The molecule has 8 nitrogen and oxygen atoms in total. The number of nitro benzene ring substituents is 1. The van der Waals surface area contributed by atoms with Crippen molar-refractivity contribution in [1.29, 1.82) is 0 Å². The molecule has 2 aliphatic carbocycles. The lowest BCUT2D eigenvalue weighted by molar-refractivity contribution is -0.384. The van der Waals surface area contributed by atoms with Gasteiger partial charge in [-0.3, -0.25) is 19.7 Å². The van der Waals surface area contributed by atoms with Crippen molar-refractivity contribution >= 4 is 35.0 Å². The zero-order valence-corrected chi connectivity index (χ0v) is 22.5. The number of dihydropyridines is 1. The Labute approximate surface area is 236 Å². The monoisotopic (exact) mass is 546 g/mol. The second-order valence-electron chi connectivity index (χ2n) is 11.2. The minimum Gasteiger partial charge on any atom is -0.423 e. The van der Waals surface area contributed by atoms with E-state index in [9.17, 15) is 24.5 Å². The van der Waals surface area contributed by atoms with Gasteiger partial charge >= 0.3 is 5.97 Å². The minimum atomic E-state index is -0.612. The number of esters is 1. The first-order valence-corrected chi connectivity index (χ1v) is 13.3. The predicted molar refractivity (Wildman–Crippen MR) is 153 cm³/mol. The number of hydrogen-bond donors (Lipinski definition) is 1. The summed E-state index contributed by atoms with van der Waals surface area (Å²) in [5.41, 5.74) is 5.40. The van der Waals surface area contributed by atoms with E-state index in [2.05, 4.69) is 19.2 Å². The zero-order valence-electron chi connectivity index (χ0n) is 22.5. The second-order valence-corrected chi connectivity index (χ2v) is 11.2. The van der Waals surface area contributed by atoms with Gasteiger partial charge in [0.25, 0.3) is 5.69 Å². The van der Waals surface area contributed by atoms with Crippen LogP contribution in [0, 0.1) is 15.5 Å². The number of nitrogens with one attached hydrogen (secondary N) is 1. The highest BCUT2D eigenvalue weighted by Crippen LogP contribution is 2.51. The van der Waals surface area contributed by atoms with Crippen molar-refractivity contribution in [3.05, 3.63) is 128 Å². The van der Waals surface area contributed by atoms with Gasteiger partial charge in [0.15, 0.2) is 11.6 Å². The van der Waals surface area contributed by atoms with Crippen LogP contribution in [-0.4, -0.2) is 22.5 Å². The van der Waals surface area contributed by atoms with Gasteiger partial charge < -0.3 is 10.1 Å². The fourth-order valence-electron chi connectivity index (χ4n) is 5.87. The molecule has 1 aliphatic heterocycles. The number of fused-ring (bicyclic) bond motifs is 2. The Balaban J connectivity index is 1.28. The molecule has 0 aromatic heterocycles. The molecule has 0 unspecified atom stereocenters. The Bertz CT molecular complexity index is 1730. The van der Waals surface area contributed by atoms with E-state index in [1.807, 2.05) is 24.3 Å². The molecule has 1 heterocycles. The maximum absolute atomic E-state index is 13.6. The fraction of sp³-hybridized carbons (Fsp3) is 0.182. The van der Waals surface area contributed by atoms with Gasteiger partial charge in [-0.05, 0) is 53.3 Å². The van der Waals surface area contributed by atoms with E-state index in [-0.39, 0.29) is 22.7 Å². The van der Waals surface area contributed by atoms with Gasteiger partial charge in [0.2, 0.25) is 0 Å². The summed E-state index contributed by atoms with van der Waals surface area (Å²) >= 11 is 0. The number of ether oxygens (including phenoxy) is 1. The fourth-order valence-corrected chi connectivity index (χ4v) is 5.87. The molecule has 1 atom stereocenters. The standard InChI is InChI=1S/C33H26N2O6/c1-33(2)17-25-29(26(36)18-33)28(30-31(34-25)23-5-3-4-6-24(23)32(30)38)20-10-14-22(15-11-20)41-27(37)16-9-19-7-12-21(13-8-19)35(39)40/h3-16,28,34H,17-18H2,1-2H3/b16-9+/t28-/m0/s1. The maximum Gasteiger partial charge on any atom is 0.336 e. The van der Waals surface area contributed by atoms with E-state index in [1.165, 1.54) is 36.4 Å². The quantitative estimate of drug-likeness (QED) is 0.134. The molecule has 0 radical (unpaired) electrons. The molecule has 41 heavy (non-hydrogen) atoms. The SMILES string of the molecule is CC1(C)CC(=O)C2=C(C1)NC1=C(C(=O)c3ccccc31)[C@H]2c1ccc(OC(=O)/C=C/c2ccc([N+](=O)[O-])cc2)cc1. The predicted octanol–water partition coefficient (Wildman–Crippen LogP) is 6.15. The van der Waals surface area contributed by atoms with Crippen molar-refractivity contribution in [2.24, 2.45) is 5.41 Å². The number of carbonyl (C=O) groups is 3. The van der Waals surface area contributed by atoms with E-state index in [0.717, 1.165) is 22.5 Å². The third-order valence-electron chi connectivity index (χ3n) is 7.68. The van der Waals surface area contributed by atoms with E-state index >= 15 is 0 Å². The first-order chi connectivity index (χ1) is 19.6. The smallest absolute Gasteiger partial charge is 0.336 e. The Morgan fingerprint density at radius 3 is 2.32 bits per heavy atom. The molecule has 1 N–H and O–H groups in total. The van der Waals surface area contributed by atoms with Crippen LogP contribution in [-0.2, 0) is 9.59 Å². The molecule has 3 aliphatic rings. The average molecular weight is 547 g/mol. The largest absolute Gasteiger partial charge is 0.423 e. The molecular formula is C33H26N2O6. The van der Waals surface area contributed by atoms with Gasteiger partial charge in [-0.15, -0.1) is 0 Å². The number of allylic oxidation sites excluding steroid dienone is 3. The summed E-state index contributed by atoms with van der Waals surface area (Å²) < 4.78 is 5.45. The lowest BCUT2D eigenvalue weighted by atomic mass is 9.68. The minimum absolute atomic E-state index is 0.0240. The number of Topliss-reactive ketones (excluding diaryl/α,β-unsaturated/α-hetero) is 2. The average Bonchev–Trinajstić information content (AvgIpc) is 3.22. The molecule has 3 aromatic carbocycles. The number of non-ortho nitro benzene ring substituents is 1. The summed E-state index contributed by atoms with van der Waals surface area (Å²) in [6, 6.07) is 20.2. The summed E-state index contributed by atoms with van der Waals surface area (Å²) in [7, 11) is 0. The van der Waals surface area contributed by atoms with Crippen molar-refractivity contribution in [2.75, 3.05) is 0 Å². The first kappa shape index (κ1) is 26.1. The van der Waals surface area contributed by atoms with Gasteiger partial charge in [0, 0.05) is 58.5 Å². The molecule has 0 bridgehead atoms. The van der Waals surface area contributed by atoms with E-state index in [4.69, 9.17) is 4.74 Å². The molecule has 0 saturated carbocycles. The molecule has 6 rings (SSSR count). The van der Waals surface area contributed by atoms with Crippen LogP contribution in [0.4, 0.5) is 5.69 Å². The van der Waals surface area contributed by atoms with Crippen LogP contribution in [0.5, 0.6) is 5.75 Å². The Morgan fingerprint density at radius 1 is 0.951 bits per heavy atom. The second kappa shape index (κ2) is 9.82. The van der Waals surface area contributed by atoms with Crippen LogP contribution in [0.2, 0.25) is 0 Å². The summed E-state index contributed by atoms with van der Waals surface area (Å²) in [5, 5.41) is 14.3. The number of carbonyl (C=O) groups excluding carboxylic acids is 3. The Hall–Kier alpha value is -5.11. The summed E-state index contributed by atoms with van der Waals surface area (Å²) in [6.07, 6.45) is 3.84. The molecule has 8 heteroatoms. The van der Waals surface area contributed by atoms with E-state index in [1.54, 1.807) is 24.3 Å². The van der Waals surface area contributed by atoms with Gasteiger partial charge in [-0.2, -0.15) is 0 Å². The van der Waals surface area contributed by atoms with Crippen LogP contribution in [0.15, 0.2) is 95.7 Å². The third-order valence-corrected chi connectivity index (χ3v) is 7.68. The number of hydrogen-bond acceptors (Lipinski definition) is 7. The van der Waals surface area contributed by atoms with Crippen LogP contribution in [0.3, 0.4) is 0 Å². The molecule has 0 saturated heterocycles. The van der Waals surface area contributed by atoms with Gasteiger partial charge in [0.05, 0.1) is 10.6 Å². The number of nitrogens with zero attached hydrogens (tertiary/aromatic N) is 1. The highest BCUT2D eigenvalue weighted by atomic mass is 16.6. The number of benzene rings is 3. The first-order valence-electron chi connectivity index (χ1n) is 13.3.